The number of thiophene rings is 1. The molecule has 2 saturated heterocycles. The Morgan fingerprint density at radius 3 is 2.66 bits per heavy atom. The van der Waals surface area contributed by atoms with Crippen molar-refractivity contribution in [2.24, 2.45) is 5.41 Å². The molecule has 0 radical (unpaired) electrons. The van der Waals surface area contributed by atoms with Crippen molar-refractivity contribution in [2.75, 3.05) is 32.8 Å². The third-order valence-electron chi connectivity index (χ3n) is 5.75. The predicted octanol–water partition coefficient (Wildman–Crippen LogP) is 2.44. The van der Waals surface area contributed by atoms with Crippen LogP contribution >= 0.6 is 23.6 Å². The van der Waals surface area contributed by atoms with E-state index in [1.165, 1.54) is 11.3 Å². The molecular weight excluding hydrogens is 430 g/mol. The minimum Gasteiger partial charge on any atom is -0.466 e. The van der Waals surface area contributed by atoms with Gasteiger partial charge in [-0.2, -0.15) is 4.31 Å². The highest BCUT2D eigenvalue weighted by Gasteiger charge is 2.43. The van der Waals surface area contributed by atoms with E-state index in [1.54, 1.807) is 28.7 Å². The zero-order valence-corrected chi connectivity index (χ0v) is 19.4. The molecule has 0 aromatic carbocycles. The first-order valence-electron chi connectivity index (χ1n) is 10.0. The summed E-state index contributed by atoms with van der Waals surface area (Å²) in [6.07, 6.45) is 2.97. The van der Waals surface area contributed by atoms with Gasteiger partial charge in [0.15, 0.2) is 5.11 Å². The monoisotopic (exact) mass is 459 g/mol. The maximum Gasteiger partial charge on any atom is 0.307 e. The van der Waals surface area contributed by atoms with Crippen molar-refractivity contribution >= 4 is 44.7 Å². The lowest BCUT2D eigenvalue weighted by atomic mass is 9.78. The summed E-state index contributed by atoms with van der Waals surface area (Å²) in [6.45, 7) is 6.88. The van der Waals surface area contributed by atoms with Gasteiger partial charge in [-0.15, -0.1) is 11.3 Å². The van der Waals surface area contributed by atoms with E-state index in [0.717, 1.165) is 32.4 Å². The summed E-state index contributed by atoms with van der Waals surface area (Å²) in [5.41, 5.74) is 0.109. The number of piperidine rings is 1. The van der Waals surface area contributed by atoms with Crippen LogP contribution in [0.15, 0.2) is 21.7 Å². The van der Waals surface area contributed by atoms with Crippen molar-refractivity contribution in [3.63, 3.8) is 0 Å². The number of carbonyl (C=O) groups is 1. The van der Waals surface area contributed by atoms with E-state index >= 15 is 0 Å². The first-order valence-corrected chi connectivity index (χ1v) is 12.7. The minimum atomic E-state index is -3.37. The summed E-state index contributed by atoms with van der Waals surface area (Å²) >= 11 is 6.82. The molecule has 7 nitrogen and oxygen atoms in total. The number of hydrogen-bond donors (Lipinski definition) is 1. The van der Waals surface area contributed by atoms with E-state index < -0.39 is 10.0 Å². The van der Waals surface area contributed by atoms with E-state index in [0.29, 0.717) is 29.0 Å². The quantitative estimate of drug-likeness (QED) is 0.517. The molecule has 1 unspecified atom stereocenters. The van der Waals surface area contributed by atoms with Gasteiger partial charge in [0.05, 0.1) is 13.0 Å². The van der Waals surface area contributed by atoms with Crippen molar-refractivity contribution in [2.45, 2.75) is 49.8 Å². The van der Waals surface area contributed by atoms with Gasteiger partial charge in [-0.25, -0.2) is 8.42 Å². The topological polar surface area (TPSA) is 79.0 Å². The summed E-state index contributed by atoms with van der Waals surface area (Å²) in [5, 5.41) is 5.69. The molecule has 10 heteroatoms. The number of sulfonamides is 1. The Balaban J connectivity index is 1.51. The number of likely N-dealkylation sites (tertiary alicyclic amines) is 1. The number of esters is 1. The molecule has 2 aliphatic rings. The van der Waals surface area contributed by atoms with Crippen molar-refractivity contribution in [3.05, 3.63) is 17.5 Å². The maximum absolute atomic E-state index is 12.7. The largest absolute Gasteiger partial charge is 0.466 e. The van der Waals surface area contributed by atoms with Gasteiger partial charge in [0, 0.05) is 32.2 Å². The molecule has 2 fully saturated rings. The van der Waals surface area contributed by atoms with E-state index in [1.807, 2.05) is 6.92 Å². The Morgan fingerprint density at radius 2 is 2.03 bits per heavy atom. The normalized spacial score (nSPS) is 20.6. The van der Waals surface area contributed by atoms with Crippen molar-refractivity contribution in [1.82, 2.24) is 14.5 Å². The Kier molecular flexibility index (Phi) is 7.19. The molecular formula is C19H29N3O4S3. The van der Waals surface area contributed by atoms with Gasteiger partial charge in [-0.05, 0) is 62.2 Å². The second kappa shape index (κ2) is 9.28. The van der Waals surface area contributed by atoms with Crippen LogP contribution in [0.5, 0.6) is 0 Å². The first-order chi connectivity index (χ1) is 13.8. The highest BCUT2D eigenvalue weighted by atomic mass is 32.2. The Bertz CT molecular complexity index is 818. The van der Waals surface area contributed by atoms with Crippen LogP contribution in [0.4, 0.5) is 0 Å². The van der Waals surface area contributed by atoms with Gasteiger partial charge in [-0.3, -0.25) is 4.79 Å². The molecule has 3 rings (SSSR count). The van der Waals surface area contributed by atoms with Crippen molar-refractivity contribution in [1.29, 1.82) is 0 Å². The first kappa shape index (κ1) is 22.5. The number of hydrogen-bond acceptors (Lipinski definition) is 6. The molecule has 0 saturated carbocycles. The molecule has 1 N–H and O–H groups in total. The Labute approximate surface area is 182 Å². The van der Waals surface area contributed by atoms with Crippen molar-refractivity contribution < 1.29 is 17.9 Å². The lowest BCUT2D eigenvalue weighted by molar-refractivity contribution is -0.143. The highest BCUT2D eigenvalue weighted by molar-refractivity contribution is 7.91. The van der Waals surface area contributed by atoms with Crippen LogP contribution in [0.25, 0.3) is 0 Å². The Morgan fingerprint density at radius 1 is 1.34 bits per heavy atom. The minimum absolute atomic E-state index is 0.0871. The number of carbonyl (C=O) groups excluding carboxylic acids is 1. The van der Waals surface area contributed by atoms with Crippen LogP contribution < -0.4 is 5.32 Å². The lowest BCUT2D eigenvalue weighted by Crippen LogP contribution is -2.47. The third kappa shape index (κ3) is 5.28. The summed E-state index contributed by atoms with van der Waals surface area (Å²) in [4.78, 5) is 13.8. The van der Waals surface area contributed by atoms with Gasteiger partial charge in [0.2, 0.25) is 0 Å². The number of nitrogens with zero attached hydrogens (tertiary/aromatic N) is 2. The smallest absolute Gasteiger partial charge is 0.307 e. The SMILES string of the molecule is CCOC(=O)CC(C)NC(=S)N1CCC2(CCN(S(=O)(=O)c3cccs3)CC2)C1. The van der Waals surface area contributed by atoms with Crippen LogP contribution in [0.1, 0.15) is 39.5 Å². The van der Waals surface area contributed by atoms with Crippen LogP contribution in [0, 0.1) is 5.41 Å². The fraction of sp³-hybridized carbons (Fsp3) is 0.684. The molecule has 29 heavy (non-hydrogen) atoms. The average Bonchev–Trinajstić information content (AvgIpc) is 3.33. The van der Waals surface area contributed by atoms with Gasteiger partial charge in [0.25, 0.3) is 10.0 Å². The number of thiocarbonyl (C=S) groups is 1. The fourth-order valence-corrected chi connectivity index (χ4v) is 7.02. The molecule has 1 spiro atoms. The van der Waals surface area contributed by atoms with Crippen molar-refractivity contribution in [3.8, 4) is 0 Å². The standard InChI is InChI=1S/C19H29N3O4S3/c1-3-26-16(23)13-15(2)20-18(27)21-9-6-19(14-21)7-10-22(11-8-19)29(24,25)17-5-4-12-28-17/h4-5,12,15H,3,6-11,13-14H2,1-2H3,(H,20,27). The van der Waals surface area contributed by atoms with E-state index in [9.17, 15) is 13.2 Å². The highest BCUT2D eigenvalue weighted by Crippen LogP contribution is 2.41. The number of rotatable bonds is 6. The average molecular weight is 460 g/mol. The van der Waals surface area contributed by atoms with E-state index in [4.69, 9.17) is 17.0 Å². The van der Waals surface area contributed by atoms with Crippen LogP contribution in [0.3, 0.4) is 0 Å². The summed E-state index contributed by atoms with van der Waals surface area (Å²) in [5.74, 6) is -0.229. The van der Waals surface area contributed by atoms with E-state index in [-0.39, 0.29) is 23.8 Å². The number of nitrogens with one attached hydrogen (secondary N) is 1. The van der Waals surface area contributed by atoms with Crippen LogP contribution in [0.2, 0.25) is 0 Å². The van der Waals surface area contributed by atoms with Crippen LogP contribution in [-0.2, 0) is 19.6 Å². The third-order valence-corrected chi connectivity index (χ3v) is 9.39. The molecule has 0 aliphatic carbocycles. The maximum atomic E-state index is 12.7. The van der Waals surface area contributed by atoms with Gasteiger partial charge >= 0.3 is 5.97 Å². The van der Waals surface area contributed by atoms with Gasteiger partial charge < -0.3 is 15.0 Å². The predicted molar refractivity (Wildman–Crippen MR) is 117 cm³/mol. The fourth-order valence-electron chi connectivity index (χ4n) is 4.08. The molecule has 3 heterocycles. The molecule has 0 amide bonds. The van der Waals surface area contributed by atoms with Crippen LogP contribution in [-0.4, -0.2) is 67.5 Å². The Hall–Kier alpha value is -1.23. The molecule has 1 aromatic heterocycles. The molecule has 162 valence electrons. The molecule has 1 aromatic rings. The zero-order valence-electron chi connectivity index (χ0n) is 16.9. The molecule has 2 aliphatic heterocycles. The zero-order chi connectivity index (χ0) is 21.1. The molecule has 1 atom stereocenters. The summed E-state index contributed by atoms with van der Waals surface area (Å²) in [7, 11) is -3.37. The summed E-state index contributed by atoms with van der Waals surface area (Å²) in [6, 6.07) is 3.36. The number of ether oxygens (including phenoxy) is 1. The lowest BCUT2D eigenvalue weighted by Gasteiger charge is -2.38. The van der Waals surface area contributed by atoms with Gasteiger partial charge in [0.1, 0.15) is 4.21 Å². The second-order valence-electron chi connectivity index (χ2n) is 7.87. The molecule has 0 bridgehead atoms. The second-order valence-corrected chi connectivity index (χ2v) is 11.4. The summed E-state index contributed by atoms with van der Waals surface area (Å²) < 4.78 is 32.5. The van der Waals surface area contributed by atoms with E-state index in [2.05, 4.69) is 10.2 Å². The van der Waals surface area contributed by atoms with Gasteiger partial charge in [-0.1, -0.05) is 6.07 Å².